The lowest BCUT2D eigenvalue weighted by Crippen LogP contribution is -2.48. The number of hydrazine groups is 1. The summed E-state index contributed by atoms with van der Waals surface area (Å²) in [4.78, 5) is 22.6. The Morgan fingerprint density at radius 1 is 1.23 bits per heavy atom. The van der Waals surface area contributed by atoms with Crippen LogP contribution in [0, 0.1) is 11.7 Å². The van der Waals surface area contributed by atoms with E-state index in [-0.39, 0.29) is 23.0 Å². The molecule has 0 radical (unpaired) electrons. The largest absolute Gasteiger partial charge is 0.343 e. The first-order chi connectivity index (χ1) is 12.4. The highest BCUT2D eigenvalue weighted by Gasteiger charge is 2.35. The molecule has 26 heavy (non-hydrogen) atoms. The van der Waals surface area contributed by atoms with Crippen molar-refractivity contribution in [1.82, 2.24) is 15.0 Å². The van der Waals surface area contributed by atoms with Crippen LogP contribution in [0.1, 0.15) is 13.8 Å². The van der Waals surface area contributed by atoms with Crippen LogP contribution in [0.5, 0.6) is 0 Å². The third kappa shape index (κ3) is 3.83. The van der Waals surface area contributed by atoms with Gasteiger partial charge in [-0.3, -0.25) is 9.91 Å². The molecule has 0 saturated carbocycles. The van der Waals surface area contributed by atoms with Gasteiger partial charge in [-0.05, 0) is 41.8 Å². The van der Waals surface area contributed by atoms with E-state index < -0.39 is 0 Å². The van der Waals surface area contributed by atoms with E-state index in [1.807, 2.05) is 13.8 Å². The van der Waals surface area contributed by atoms with Gasteiger partial charge in [0, 0.05) is 18.8 Å². The Bertz CT molecular complexity index is 802. The summed E-state index contributed by atoms with van der Waals surface area (Å²) in [5.41, 5.74) is 0.634. The second-order valence-electron chi connectivity index (χ2n) is 6.32. The molecule has 9 heteroatoms. The molecule has 0 unspecified atom stereocenters. The predicted octanol–water partition coefficient (Wildman–Crippen LogP) is 4.24. The summed E-state index contributed by atoms with van der Waals surface area (Å²) in [6.07, 6.45) is 1.41. The van der Waals surface area contributed by atoms with E-state index in [1.165, 1.54) is 18.3 Å². The van der Waals surface area contributed by atoms with Gasteiger partial charge >= 0.3 is 6.03 Å². The molecule has 0 aliphatic carbocycles. The van der Waals surface area contributed by atoms with Gasteiger partial charge in [0.05, 0.1) is 12.7 Å². The Morgan fingerprint density at radius 2 is 1.92 bits per heavy atom. The van der Waals surface area contributed by atoms with E-state index in [4.69, 9.17) is 23.2 Å². The van der Waals surface area contributed by atoms with Crippen molar-refractivity contribution >= 4 is 40.7 Å². The predicted molar refractivity (Wildman–Crippen MR) is 100 cm³/mol. The molecule has 0 bridgehead atoms. The molecule has 1 aromatic carbocycles. The number of benzene rings is 1. The van der Waals surface area contributed by atoms with E-state index in [9.17, 15) is 9.18 Å². The smallest absolute Gasteiger partial charge is 0.291 e. The van der Waals surface area contributed by atoms with Crippen molar-refractivity contribution < 1.29 is 9.18 Å². The first-order valence-corrected chi connectivity index (χ1v) is 8.92. The van der Waals surface area contributed by atoms with E-state index in [0.29, 0.717) is 36.2 Å². The molecular formula is C17H18Cl2FN5O. The third-order valence-electron chi connectivity index (χ3n) is 3.90. The summed E-state index contributed by atoms with van der Waals surface area (Å²) in [5.74, 6) is 0.281. The van der Waals surface area contributed by atoms with Crippen LogP contribution in [-0.2, 0) is 0 Å². The minimum Gasteiger partial charge on any atom is -0.291 e. The van der Waals surface area contributed by atoms with Crippen molar-refractivity contribution in [3.05, 3.63) is 46.6 Å². The van der Waals surface area contributed by atoms with Crippen LogP contribution in [0.25, 0.3) is 0 Å². The van der Waals surface area contributed by atoms with Crippen molar-refractivity contribution in [2.24, 2.45) is 5.92 Å². The summed E-state index contributed by atoms with van der Waals surface area (Å²) >= 11 is 12.2. The minimum atomic E-state index is -0.346. The molecule has 6 nitrogen and oxygen atoms in total. The lowest BCUT2D eigenvalue weighted by molar-refractivity contribution is 0.213. The standard InChI is InChI=1S/C17H18Cl2FN5O/c1-11(2)10-25(15-14(18)9-21-16(19)22-15)24-8-7-23(17(24)26)13-5-3-12(20)4-6-13/h3-6,9,11H,7-8,10H2,1-2H3. The average molecular weight is 398 g/mol. The number of hydrogen-bond donors (Lipinski definition) is 0. The van der Waals surface area contributed by atoms with Gasteiger partial charge in [0.2, 0.25) is 5.28 Å². The van der Waals surface area contributed by atoms with Gasteiger partial charge in [-0.15, -0.1) is 0 Å². The topological polar surface area (TPSA) is 52.6 Å². The minimum absolute atomic E-state index is 0.0557. The zero-order valence-corrected chi connectivity index (χ0v) is 15.9. The second kappa shape index (κ2) is 7.63. The molecule has 1 aliphatic heterocycles. The molecule has 1 fully saturated rings. The Labute approximate surface area is 161 Å². The van der Waals surface area contributed by atoms with Gasteiger partial charge in [0.25, 0.3) is 0 Å². The number of carbonyl (C=O) groups excluding carboxylic acids is 1. The van der Waals surface area contributed by atoms with Crippen LogP contribution in [-0.4, -0.2) is 40.6 Å². The summed E-state index contributed by atoms with van der Waals surface area (Å²) in [6.45, 7) is 5.50. The zero-order valence-electron chi connectivity index (χ0n) is 14.4. The van der Waals surface area contributed by atoms with Crippen LogP contribution < -0.4 is 9.91 Å². The summed E-state index contributed by atoms with van der Waals surface area (Å²) in [6, 6.07) is 5.59. The number of urea groups is 1. The van der Waals surface area contributed by atoms with Crippen molar-refractivity contribution in [1.29, 1.82) is 0 Å². The molecular weight excluding hydrogens is 380 g/mol. The Hall–Kier alpha value is -2.12. The molecule has 1 saturated heterocycles. The first-order valence-electron chi connectivity index (χ1n) is 8.17. The number of rotatable bonds is 5. The fraction of sp³-hybridized carbons (Fsp3) is 0.353. The quantitative estimate of drug-likeness (QED) is 0.707. The van der Waals surface area contributed by atoms with Gasteiger partial charge in [-0.25, -0.2) is 19.2 Å². The molecule has 1 aliphatic rings. The van der Waals surface area contributed by atoms with E-state index in [0.717, 1.165) is 0 Å². The zero-order chi connectivity index (χ0) is 18.8. The molecule has 138 valence electrons. The van der Waals surface area contributed by atoms with Crippen molar-refractivity contribution in [2.75, 3.05) is 29.5 Å². The van der Waals surface area contributed by atoms with Crippen LogP contribution in [0.2, 0.25) is 10.3 Å². The van der Waals surface area contributed by atoms with Gasteiger partial charge in [0.15, 0.2) is 5.82 Å². The maximum absolute atomic E-state index is 13.2. The molecule has 2 amide bonds. The number of anilines is 2. The highest BCUT2D eigenvalue weighted by molar-refractivity contribution is 6.33. The lowest BCUT2D eigenvalue weighted by Gasteiger charge is -2.34. The monoisotopic (exact) mass is 397 g/mol. The van der Waals surface area contributed by atoms with Crippen molar-refractivity contribution in [2.45, 2.75) is 13.8 Å². The highest BCUT2D eigenvalue weighted by Crippen LogP contribution is 2.29. The van der Waals surface area contributed by atoms with Crippen LogP contribution in [0.3, 0.4) is 0 Å². The number of amides is 2. The number of aromatic nitrogens is 2. The lowest BCUT2D eigenvalue weighted by atomic mass is 10.2. The van der Waals surface area contributed by atoms with E-state index in [2.05, 4.69) is 9.97 Å². The normalized spacial score (nSPS) is 14.5. The fourth-order valence-corrected chi connectivity index (χ4v) is 3.09. The van der Waals surface area contributed by atoms with Gasteiger partial charge in [-0.1, -0.05) is 25.4 Å². The second-order valence-corrected chi connectivity index (χ2v) is 7.07. The molecule has 3 rings (SSSR count). The maximum atomic E-state index is 13.2. The summed E-state index contributed by atoms with van der Waals surface area (Å²) in [7, 11) is 0. The Balaban J connectivity index is 1.91. The summed E-state index contributed by atoms with van der Waals surface area (Å²) in [5, 5.41) is 3.67. The number of halogens is 3. The van der Waals surface area contributed by atoms with Crippen LogP contribution in [0.15, 0.2) is 30.5 Å². The average Bonchev–Trinajstić information content (AvgIpc) is 2.97. The number of nitrogens with zero attached hydrogens (tertiary/aromatic N) is 5. The number of hydrogen-bond acceptors (Lipinski definition) is 4. The molecule has 0 N–H and O–H groups in total. The van der Waals surface area contributed by atoms with Gasteiger partial charge in [-0.2, -0.15) is 4.98 Å². The molecule has 2 aromatic rings. The highest BCUT2D eigenvalue weighted by atomic mass is 35.5. The Kier molecular flexibility index (Phi) is 5.48. The van der Waals surface area contributed by atoms with Gasteiger partial charge < -0.3 is 0 Å². The molecule has 2 heterocycles. The SMILES string of the molecule is CC(C)CN(c1nc(Cl)ncc1Cl)N1CCN(c2ccc(F)cc2)C1=O. The van der Waals surface area contributed by atoms with E-state index >= 15 is 0 Å². The molecule has 1 aromatic heterocycles. The van der Waals surface area contributed by atoms with Crippen molar-refractivity contribution in [3.8, 4) is 0 Å². The molecule has 0 atom stereocenters. The Morgan fingerprint density at radius 3 is 2.58 bits per heavy atom. The van der Waals surface area contributed by atoms with Crippen molar-refractivity contribution in [3.63, 3.8) is 0 Å². The summed E-state index contributed by atoms with van der Waals surface area (Å²) < 4.78 is 13.2. The first kappa shape index (κ1) is 18.7. The van der Waals surface area contributed by atoms with Crippen LogP contribution in [0.4, 0.5) is 20.7 Å². The third-order valence-corrected chi connectivity index (χ3v) is 4.34. The maximum Gasteiger partial charge on any atom is 0.343 e. The molecule has 0 spiro atoms. The van der Waals surface area contributed by atoms with Crippen LogP contribution >= 0.6 is 23.2 Å². The van der Waals surface area contributed by atoms with Gasteiger partial charge in [0.1, 0.15) is 10.8 Å². The number of carbonyl (C=O) groups is 1. The van der Waals surface area contributed by atoms with E-state index in [1.54, 1.807) is 27.1 Å². The fourth-order valence-electron chi connectivity index (χ4n) is 2.77.